The van der Waals surface area contributed by atoms with E-state index < -0.39 is 0 Å². The smallest absolute Gasteiger partial charge is 0.315 e. The van der Waals surface area contributed by atoms with Crippen LogP contribution in [0.1, 0.15) is 18.4 Å². The molecule has 98 valence electrons. The van der Waals surface area contributed by atoms with Crippen LogP contribution in [0.25, 0.3) is 0 Å². The first-order valence-corrected chi connectivity index (χ1v) is 6.89. The average Bonchev–Trinajstić information content (AvgIpc) is 3.18. The first-order chi connectivity index (χ1) is 8.70. The molecule has 5 heteroatoms. The van der Waals surface area contributed by atoms with Crippen LogP contribution in [-0.2, 0) is 16.1 Å². The molecule has 1 N–H and O–H groups in total. The number of carbonyl (C=O) groups excluding carboxylic acids is 1. The van der Waals surface area contributed by atoms with E-state index >= 15 is 0 Å². The molecular weight excluding hydrogens is 253 g/mol. The van der Waals surface area contributed by atoms with Gasteiger partial charge in [-0.3, -0.25) is 4.79 Å². The lowest BCUT2D eigenvalue weighted by Gasteiger charge is -2.10. The minimum atomic E-state index is -0.301. The highest BCUT2D eigenvalue weighted by molar-refractivity contribution is 8.00. The van der Waals surface area contributed by atoms with E-state index in [4.69, 9.17) is 0 Å². The lowest BCUT2D eigenvalue weighted by molar-refractivity contribution is -0.137. The summed E-state index contributed by atoms with van der Waals surface area (Å²) in [6, 6.07) is 5.48. The summed E-state index contributed by atoms with van der Waals surface area (Å²) in [4.78, 5) is 11.9. The maximum absolute atomic E-state index is 13.8. The average molecular weight is 269 g/mol. The third-order valence-corrected chi connectivity index (χ3v) is 3.87. The molecule has 0 spiro atoms. The van der Waals surface area contributed by atoms with Gasteiger partial charge in [-0.05, 0) is 25.0 Å². The van der Waals surface area contributed by atoms with Crippen molar-refractivity contribution in [2.75, 3.05) is 12.9 Å². The van der Waals surface area contributed by atoms with E-state index in [1.807, 2.05) is 6.07 Å². The number of ether oxygens (including phenoxy) is 1. The van der Waals surface area contributed by atoms with Crippen LogP contribution in [0.3, 0.4) is 0 Å². The molecule has 1 aliphatic rings. The van der Waals surface area contributed by atoms with Gasteiger partial charge >= 0.3 is 5.97 Å². The molecule has 1 aromatic carbocycles. The number of hydrogen-bond donors (Lipinski definition) is 1. The minimum Gasteiger partial charge on any atom is -0.468 e. The van der Waals surface area contributed by atoms with Crippen molar-refractivity contribution in [3.05, 3.63) is 29.6 Å². The number of rotatable bonds is 6. The number of methoxy groups -OCH3 is 1. The fourth-order valence-corrected chi connectivity index (χ4v) is 2.49. The van der Waals surface area contributed by atoms with Gasteiger partial charge in [-0.2, -0.15) is 0 Å². The molecule has 1 aliphatic carbocycles. The molecule has 2 rings (SSSR count). The van der Waals surface area contributed by atoms with Crippen molar-refractivity contribution in [1.82, 2.24) is 5.32 Å². The zero-order valence-corrected chi connectivity index (χ0v) is 11.1. The van der Waals surface area contributed by atoms with Crippen molar-refractivity contribution < 1.29 is 13.9 Å². The fourth-order valence-electron chi connectivity index (χ4n) is 1.58. The predicted octanol–water partition coefficient (Wildman–Crippen LogP) is 2.34. The predicted molar refractivity (Wildman–Crippen MR) is 69.0 cm³/mol. The lowest BCUT2D eigenvalue weighted by Crippen LogP contribution is -2.17. The minimum absolute atomic E-state index is 0.205. The van der Waals surface area contributed by atoms with E-state index in [0.717, 1.165) is 4.90 Å². The molecule has 0 radical (unpaired) electrons. The SMILES string of the molecule is COC(=O)CSc1cccc(F)c1CNC1CC1. The van der Waals surface area contributed by atoms with Gasteiger partial charge in [0.15, 0.2) is 0 Å². The van der Waals surface area contributed by atoms with Gasteiger partial charge < -0.3 is 10.1 Å². The normalized spacial score (nSPS) is 14.6. The van der Waals surface area contributed by atoms with Crippen LogP contribution in [0, 0.1) is 5.82 Å². The Morgan fingerprint density at radius 3 is 3.00 bits per heavy atom. The molecule has 18 heavy (non-hydrogen) atoms. The quantitative estimate of drug-likeness (QED) is 0.635. The first-order valence-electron chi connectivity index (χ1n) is 5.91. The second kappa shape index (κ2) is 6.20. The Morgan fingerprint density at radius 1 is 1.56 bits per heavy atom. The largest absolute Gasteiger partial charge is 0.468 e. The van der Waals surface area contributed by atoms with Crippen LogP contribution in [0.2, 0.25) is 0 Å². The van der Waals surface area contributed by atoms with Gasteiger partial charge in [-0.25, -0.2) is 4.39 Å². The zero-order valence-electron chi connectivity index (χ0n) is 10.2. The maximum Gasteiger partial charge on any atom is 0.315 e. The molecule has 0 heterocycles. The van der Waals surface area contributed by atoms with Gasteiger partial charge in [-0.1, -0.05) is 6.07 Å². The van der Waals surface area contributed by atoms with E-state index in [2.05, 4.69) is 10.1 Å². The number of hydrogen-bond acceptors (Lipinski definition) is 4. The highest BCUT2D eigenvalue weighted by atomic mass is 32.2. The number of carbonyl (C=O) groups is 1. The third-order valence-electron chi connectivity index (χ3n) is 2.79. The van der Waals surface area contributed by atoms with Crippen molar-refractivity contribution >= 4 is 17.7 Å². The molecule has 0 unspecified atom stereocenters. The van der Waals surface area contributed by atoms with Gasteiger partial charge in [-0.15, -0.1) is 11.8 Å². The van der Waals surface area contributed by atoms with Crippen LogP contribution in [0.5, 0.6) is 0 Å². The zero-order chi connectivity index (χ0) is 13.0. The topological polar surface area (TPSA) is 38.3 Å². The highest BCUT2D eigenvalue weighted by Crippen LogP contribution is 2.26. The van der Waals surface area contributed by atoms with Gasteiger partial charge in [0.05, 0.1) is 12.9 Å². The molecule has 1 fully saturated rings. The Kier molecular flexibility index (Phi) is 4.60. The van der Waals surface area contributed by atoms with Gasteiger partial charge in [0.2, 0.25) is 0 Å². The summed E-state index contributed by atoms with van der Waals surface area (Å²) >= 11 is 1.31. The second-order valence-electron chi connectivity index (χ2n) is 4.24. The summed E-state index contributed by atoms with van der Waals surface area (Å²) in [5.74, 6) is -0.320. The van der Waals surface area contributed by atoms with Crippen molar-refractivity contribution in [3.8, 4) is 0 Å². The summed E-state index contributed by atoms with van der Waals surface area (Å²) in [5, 5.41) is 3.29. The Hall–Kier alpha value is -1.07. The molecule has 0 bridgehead atoms. The summed E-state index contributed by atoms with van der Waals surface area (Å²) in [6.45, 7) is 0.515. The Balaban J connectivity index is 2.01. The molecule has 1 aromatic rings. The molecular formula is C13H16FNO2S. The maximum atomic E-state index is 13.8. The summed E-state index contributed by atoms with van der Waals surface area (Å²) in [5.41, 5.74) is 0.637. The van der Waals surface area contributed by atoms with Gasteiger partial charge in [0.1, 0.15) is 5.82 Å². The van der Waals surface area contributed by atoms with Crippen LogP contribution in [0.15, 0.2) is 23.1 Å². The third kappa shape index (κ3) is 3.71. The van der Waals surface area contributed by atoms with E-state index in [1.54, 1.807) is 6.07 Å². The Labute approximate surface area is 110 Å². The van der Waals surface area contributed by atoms with Crippen LogP contribution in [-0.4, -0.2) is 24.9 Å². The summed E-state index contributed by atoms with van der Waals surface area (Å²) in [6.07, 6.45) is 2.33. The number of nitrogens with one attached hydrogen (secondary N) is 1. The van der Waals surface area contributed by atoms with E-state index in [0.29, 0.717) is 18.2 Å². The molecule has 0 aliphatic heterocycles. The molecule has 0 atom stereocenters. The van der Waals surface area contributed by atoms with Crippen molar-refractivity contribution in [3.63, 3.8) is 0 Å². The highest BCUT2D eigenvalue weighted by Gasteiger charge is 2.21. The molecule has 0 amide bonds. The van der Waals surface area contributed by atoms with Crippen LogP contribution < -0.4 is 5.32 Å². The molecule has 1 saturated carbocycles. The molecule has 0 aromatic heterocycles. The fraction of sp³-hybridized carbons (Fsp3) is 0.462. The van der Waals surface area contributed by atoms with Crippen molar-refractivity contribution in [2.24, 2.45) is 0 Å². The van der Waals surface area contributed by atoms with E-state index in [-0.39, 0.29) is 17.5 Å². The standard InChI is InChI=1S/C13H16FNO2S/c1-17-13(16)8-18-12-4-2-3-11(14)10(12)7-15-9-5-6-9/h2-4,9,15H,5-8H2,1H3. The second-order valence-corrected chi connectivity index (χ2v) is 5.25. The van der Waals surface area contributed by atoms with Crippen molar-refractivity contribution in [2.45, 2.75) is 30.3 Å². The summed E-state index contributed by atoms with van der Waals surface area (Å²) in [7, 11) is 1.35. The number of esters is 1. The van der Waals surface area contributed by atoms with E-state index in [9.17, 15) is 9.18 Å². The first kappa shape index (κ1) is 13.4. The number of halogens is 1. The van der Waals surface area contributed by atoms with Gasteiger partial charge in [0.25, 0.3) is 0 Å². The van der Waals surface area contributed by atoms with Crippen LogP contribution in [0.4, 0.5) is 4.39 Å². The van der Waals surface area contributed by atoms with E-state index in [1.165, 1.54) is 37.8 Å². The molecule has 3 nitrogen and oxygen atoms in total. The molecule has 0 saturated heterocycles. The Morgan fingerprint density at radius 2 is 2.33 bits per heavy atom. The monoisotopic (exact) mass is 269 g/mol. The van der Waals surface area contributed by atoms with Gasteiger partial charge in [0, 0.05) is 23.0 Å². The summed E-state index contributed by atoms with van der Waals surface area (Å²) < 4.78 is 18.3. The van der Waals surface area contributed by atoms with Crippen molar-refractivity contribution in [1.29, 1.82) is 0 Å². The van der Waals surface area contributed by atoms with Crippen LogP contribution >= 0.6 is 11.8 Å². The number of thioether (sulfide) groups is 1. The number of benzene rings is 1. The lowest BCUT2D eigenvalue weighted by atomic mass is 10.2. The Bertz CT molecular complexity index is 435.